The first kappa shape index (κ1) is 32.3. The lowest BCUT2D eigenvalue weighted by atomic mass is 10.00. The number of nitrogens with one attached hydrogen (secondary N) is 3. The van der Waals surface area contributed by atoms with Crippen molar-refractivity contribution in [3.63, 3.8) is 0 Å². The van der Waals surface area contributed by atoms with Gasteiger partial charge in [-0.05, 0) is 82.4 Å². The van der Waals surface area contributed by atoms with Crippen LogP contribution < -0.4 is 16.0 Å². The second-order valence-electron chi connectivity index (χ2n) is 15.1. The normalized spacial score (nSPS) is 17.4. The summed E-state index contributed by atoms with van der Waals surface area (Å²) in [7, 11) is 0. The molecule has 12 rings (SSSR count). The maximum absolute atomic E-state index is 6.52. The molecule has 0 saturated carbocycles. The number of nitrogens with zero attached hydrogens (tertiary/aromatic N) is 1. The summed E-state index contributed by atoms with van der Waals surface area (Å²) in [6.07, 6.45) is -0.184. The van der Waals surface area contributed by atoms with Gasteiger partial charge < -0.3 is 13.4 Å². The fraction of sp³-hybridized carbons (Fsp3) is 0.0588. The number of aromatic nitrogens is 1. The highest BCUT2D eigenvalue weighted by Crippen LogP contribution is 2.39. The minimum Gasteiger partial charge on any atom is -0.456 e. The lowest BCUT2D eigenvalue weighted by molar-refractivity contribution is 0.203. The number of furan rings is 2. The molecule has 0 bridgehead atoms. The number of fused-ring (bicyclic) bond motifs is 9. The largest absolute Gasteiger partial charge is 0.456 e. The van der Waals surface area contributed by atoms with Gasteiger partial charge in [0.25, 0.3) is 0 Å². The summed E-state index contributed by atoms with van der Waals surface area (Å²) >= 11 is 0. The summed E-state index contributed by atoms with van der Waals surface area (Å²) in [6.45, 7) is 0. The zero-order chi connectivity index (χ0) is 37.5. The Morgan fingerprint density at radius 2 is 0.807 bits per heavy atom. The van der Waals surface area contributed by atoms with Gasteiger partial charge in [0.15, 0.2) is 0 Å². The first-order valence-electron chi connectivity index (χ1n) is 19.5. The van der Waals surface area contributed by atoms with E-state index in [1.165, 1.54) is 32.9 Å². The van der Waals surface area contributed by atoms with Crippen LogP contribution in [0, 0.1) is 0 Å². The van der Waals surface area contributed by atoms with Gasteiger partial charge in [0.2, 0.25) is 0 Å². The molecule has 8 aromatic carbocycles. The van der Waals surface area contributed by atoms with Crippen molar-refractivity contribution in [3.05, 3.63) is 199 Å². The van der Waals surface area contributed by atoms with E-state index in [0.717, 1.165) is 66.3 Å². The average Bonchev–Trinajstić information content (AvgIpc) is 3.95. The molecule has 1 saturated heterocycles. The topological polar surface area (TPSA) is 67.3 Å². The molecule has 4 heterocycles. The summed E-state index contributed by atoms with van der Waals surface area (Å²) in [4.78, 5) is 0. The summed E-state index contributed by atoms with van der Waals surface area (Å²) in [5.74, 6) is 0. The second kappa shape index (κ2) is 12.8. The van der Waals surface area contributed by atoms with E-state index in [0.29, 0.717) is 0 Å². The molecule has 3 N–H and O–H groups in total. The first-order valence-corrected chi connectivity index (χ1v) is 19.5. The SMILES string of the molecule is c1ccc(C2NC(c3ccccc3)NC(c3ccc4c(c3)oc3ccc(-c5ccc6oc7cc(-n8c9ccccc9c9ccccc98)ccc7c6c5)cc34)N2)cc1. The number of hydrogen-bond acceptors (Lipinski definition) is 5. The van der Waals surface area contributed by atoms with E-state index in [4.69, 9.17) is 8.83 Å². The minimum atomic E-state index is -0.107. The highest BCUT2D eigenvalue weighted by atomic mass is 16.3. The smallest absolute Gasteiger partial charge is 0.137 e. The van der Waals surface area contributed by atoms with Crippen molar-refractivity contribution in [2.75, 3.05) is 0 Å². The maximum atomic E-state index is 6.52. The second-order valence-corrected chi connectivity index (χ2v) is 15.1. The Balaban J connectivity index is 0.889. The fourth-order valence-electron chi connectivity index (χ4n) is 8.95. The Labute approximate surface area is 327 Å². The van der Waals surface area contributed by atoms with Gasteiger partial charge >= 0.3 is 0 Å². The van der Waals surface area contributed by atoms with Gasteiger partial charge in [-0.25, -0.2) is 0 Å². The highest BCUT2D eigenvalue weighted by molar-refractivity contribution is 6.11. The molecule has 0 radical (unpaired) electrons. The van der Waals surface area contributed by atoms with Crippen LogP contribution in [0.1, 0.15) is 35.2 Å². The van der Waals surface area contributed by atoms with E-state index in [1.807, 2.05) is 0 Å². The van der Waals surface area contributed by atoms with E-state index >= 15 is 0 Å². The fourth-order valence-corrected chi connectivity index (χ4v) is 8.95. The standard InChI is InChI=1S/C51H36N4O2/c1-3-11-31(12-4-1)49-52-50(32-13-5-2-6-14-32)54-51(53-49)35-19-23-39-41-27-33(20-25-45(41)56-47(39)29-35)34-21-26-46-42(28-34)40-24-22-36(30-48(40)57-46)55-43-17-9-7-15-37(43)38-16-8-10-18-44(38)55/h1-30,49-54H. The molecule has 6 heteroatoms. The quantitative estimate of drug-likeness (QED) is 0.164. The highest BCUT2D eigenvalue weighted by Gasteiger charge is 2.30. The number of para-hydroxylation sites is 2. The first-order chi connectivity index (χ1) is 28.2. The van der Waals surface area contributed by atoms with Gasteiger partial charge in [0.05, 0.1) is 29.5 Å². The van der Waals surface area contributed by atoms with Crippen molar-refractivity contribution in [2.45, 2.75) is 18.5 Å². The monoisotopic (exact) mass is 736 g/mol. The molecule has 0 amide bonds. The van der Waals surface area contributed by atoms with Crippen LogP contribution in [-0.2, 0) is 0 Å². The molecule has 2 unspecified atom stereocenters. The van der Waals surface area contributed by atoms with E-state index in [1.54, 1.807) is 0 Å². The molecule has 0 aliphatic carbocycles. The summed E-state index contributed by atoms with van der Waals surface area (Å²) in [5, 5.41) is 18.2. The van der Waals surface area contributed by atoms with Crippen molar-refractivity contribution in [2.24, 2.45) is 0 Å². The van der Waals surface area contributed by atoms with Crippen molar-refractivity contribution in [1.82, 2.24) is 20.5 Å². The molecule has 0 spiro atoms. The number of rotatable bonds is 5. The van der Waals surface area contributed by atoms with Crippen molar-refractivity contribution in [3.8, 4) is 16.8 Å². The van der Waals surface area contributed by atoms with E-state index < -0.39 is 0 Å². The zero-order valence-electron chi connectivity index (χ0n) is 30.8. The zero-order valence-corrected chi connectivity index (χ0v) is 30.8. The Morgan fingerprint density at radius 1 is 0.333 bits per heavy atom. The Morgan fingerprint density at radius 3 is 1.37 bits per heavy atom. The average molecular weight is 737 g/mol. The molecule has 3 aromatic heterocycles. The lowest BCUT2D eigenvalue weighted by Gasteiger charge is -2.39. The Bertz CT molecular complexity index is 3210. The molecule has 11 aromatic rings. The molecular weight excluding hydrogens is 701 g/mol. The van der Waals surface area contributed by atoms with Gasteiger partial charge in [-0.1, -0.05) is 121 Å². The summed E-state index contributed by atoms with van der Waals surface area (Å²) < 4.78 is 15.4. The molecule has 2 atom stereocenters. The van der Waals surface area contributed by atoms with E-state index in [-0.39, 0.29) is 18.5 Å². The predicted octanol–water partition coefficient (Wildman–Crippen LogP) is 12.4. The summed E-state index contributed by atoms with van der Waals surface area (Å²) in [6, 6.07) is 64.4. The summed E-state index contributed by atoms with van der Waals surface area (Å²) in [5.41, 5.74) is 12.7. The Hall–Kier alpha value is -6.96. The van der Waals surface area contributed by atoms with Gasteiger partial charge in [-0.2, -0.15) is 0 Å². The molecular formula is C51H36N4O2. The third-order valence-electron chi connectivity index (χ3n) is 11.7. The maximum Gasteiger partial charge on any atom is 0.137 e. The molecule has 1 fully saturated rings. The van der Waals surface area contributed by atoms with Gasteiger partial charge in [-0.3, -0.25) is 16.0 Å². The van der Waals surface area contributed by atoms with Crippen molar-refractivity contribution >= 4 is 65.7 Å². The third kappa shape index (κ3) is 5.30. The minimum absolute atomic E-state index is 0.0385. The molecule has 1 aliphatic rings. The molecule has 272 valence electrons. The molecule has 57 heavy (non-hydrogen) atoms. The number of hydrogen-bond donors (Lipinski definition) is 3. The number of benzene rings is 8. The molecule has 6 nitrogen and oxygen atoms in total. The van der Waals surface area contributed by atoms with Gasteiger partial charge in [-0.15, -0.1) is 0 Å². The van der Waals surface area contributed by atoms with Crippen LogP contribution in [0.3, 0.4) is 0 Å². The van der Waals surface area contributed by atoms with Crippen LogP contribution in [0.4, 0.5) is 0 Å². The predicted molar refractivity (Wildman–Crippen MR) is 231 cm³/mol. The molecule has 1 aliphatic heterocycles. The Kier molecular flexibility index (Phi) is 7.25. The van der Waals surface area contributed by atoms with Crippen LogP contribution in [0.25, 0.3) is 82.5 Å². The van der Waals surface area contributed by atoms with E-state index in [2.05, 4.69) is 203 Å². The van der Waals surface area contributed by atoms with Crippen LogP contribution in [0.15, 0.2) is 191 Å². The van der Waals surface area contributed by atoms with Crippen molar-refractivity contribution in [1.29, 1.82) is 0 Å². The van der Waals surface area contributed by atoms with Crippen molar-refractivity contribution < 1.29 is 8.83 Å². The van der Waals surface area contributed by atoms with Gasteiger partial charge in [0.1, 0.15) is 22.3 Å². The van der Waals surface area contributed by atoms with Crippen LogP contribution in [0.5, 0.6) is 0 Å². The van der Waals surface area contributed by atoms with Crippen LogP contribution in [0.2, 0.25) is 0 Å². The lowest BCUT2D eigenvalue weighted by Crippen LogP contribution is -2.54. The van der Waals surface area contributed by atoms with Crippen LogP contribution >= 0.6 is 0 Å². The third-order valence-corrected chi connectivity index (χ3v) is 11.7. The van der Waals surface area contributed by atoms with Crippen LogP contribution in [-0.4, -0.2) is 4.57 Å². The van der Waals surface area contributed by atoms with E-state index in [9.17, 15) is 0 Å². The van der Waals surface area contributed by atoms with Gasteiger partial charge in [0, 0.05) is 44.1 Å².